The molecule has 114 valence electrons. The highest BCUT2D eigenvalue weighted by Crippen LogP contribution is 2.34. The Bertz CT molecular complexity index is 557. The molecule has 0 radical (unpaired) electrons. The van der Waals surface area contributed by atoms with E-state index in [0.717, 1.165) is 29.8 Å². The number of carbonyl (C=O) groups is 1. The Labute approximate surface area is 127 Å². The number of aryl methyl sites for hydroxylation is 1. The van der Waals surface area contributed by atoms with Crippen LogP contribution in [0.5, 0.6) is 0 Å². The van der Waals surface area contributed by atoms with Crippen molar-refractivity contribution in [3.05, 3.63) is 29.8 Å². The summed E-state index contributed by atoms with van der Waals surface area (Å²) in [4.78, 5) is 12.8. The van der Waals surface area contributed by atoms with Crippen molar-refractivity contribution in [2.24, 2.45) is 22.2 Å². The van der Waals surface area contributed by atoms with Crippen molar-refractivity contribution in [2.75, 3.05) is 11.6 Å². The number of para-hydroxylation sites is 1. The average molecular weight is 287 g/mol. The van der Waals surface area contributed by atoms with E-state index in [1.807, 2.05) is 31.2 Å². The number of rotatable bonds is 4. The smallest absolute Gasteiger partial charge is 0.256 e. The van der Waals surface area contributed by atoms with Gasteiger partial charge in [-0.25, -0.2) is 0 Å². The zero-order chi connectivity index (χ0) is 15.6. The van der Waals surface area contributed by atoms with Crippen LogP contribution in [0, 0.1) is 18.3 Å². The highest BCUT2D eigenvalue weighted by Gasteiger charge is 2.41. The molecule has 1 heterocycles. The maximum atomic E-state index is 12.8. The molecule has 4 nitrogen and oxygen atoms in total. The quantitative estimate of drug-likeness (QED) is 0.925. The summed E-state index contributed by atoms with van der Waals surface area (Å²) in [5.74, 6) is -0.0733. The van der Waals surface area contributed by atoms with Gasteiger partial charge in [-0.2, -0.15) is 10.1 Å². The fourth-order valence-electron chi connectivity index (χ4n) is 2.72. The van der Waals surface area contributed by atoms with Gasteiger partial charge in [-0.15, -0.1) is 0 Å². The van der Waals surface area contributed by atoms with Crippen LogP contribution < -0.4 is 10.7 Å². The minimum atomic E-state index is -0.145. The van der Waals surface area contributed by atoms with Gasteiger partial charge in [-0.3, -0.25) is 4.79 Å². The molecular formula is C17H25N3O. The average Bonchev–Trinajstić information content (AvgIpc) is 2.74. The molecular weight excluding hydrogens is 262 g/mol. The third kappa shape index (κ3) is 3.16. The van der Waals surface area contributed by atoms with Gasteiger partial charge in [0.15, 0.2) is 0 Å². The molecule has 1 amide bonds. The molecule has 0 aliphatic carbocycles. The minimum Gasteiger partial charge on any atom is -0.330 e. The first-order valence-electron chi connectivity index (χ1n) is 7.55. The van der Waals surface area contributed by atoms with Crippen LogP contribution in [0.3, 0.4) is 0 Å². The van der Waals surface area contributed by atoms with E-state index in [2.05, 4.69) is 25.9 Å². The lowest BCUT2D eigenvalue weighted by molar-refractivity contribution is -0.120. The summed E-state index contributed by atoms with van der Waals surface area (Å²) in [6, 6.07) is 7.86. The van der Waals surface area contributed by atoms with Crippen LogP contribution in [0.1, 0.15) is 39.2 Å². The topological polar surface area (TPSA) is 58.7 Å². The molecule has 1 unspecified atom stereocenters. The summed E-state index contributed by atoms with van der Waals surface area (Å²) in [5, 5.41) is 6.25. The Morgan fingerprint density at radius 1 is 1.29 bits per heavy atom. The lowest BCUT2D eigenvalue weighted by Gasteiger charge is -2.22. The van der Waals surface area contributed by atoms with E-state index in [4.69, 9.17) is 5.73 Å². The first kappa shape index (κ1) is 15.7. The predicted octanol–water partition coefficient (Wildman–Crippen LogP) is 3.10. The Balaban J connectivity index is 2.39. The first-order chi connectivity index (χ1) is 9.86. The number of hydrazone groups is 1. The van der Waals surface area contributed by atoms with Crippen LogP contribution in [-0.4, -0.2) is 18.2 Å². The highest BCUT2D eigenvalue weighted by atomic mass is 16.2. The number of hydrogen-bond acceptors (Lipinski definition) is 3. The number of nitrogens with zero attached hydrogens (tertiary/aromatic N) is 2. The van der Waals surface area contributed by atoms with Crippen molar-refractivity contribution in [1.29, 1.82) is 0 Å². The normalized spacial score (nSPS) is 19.1. The molecule has 0 bridgehead atoms. The number of benzene rings is 1. The molecule has 0 aromatic heterocycles. The lowest BCUT2D eigenvalue weighted by atomic mass is 9.80. The van der Waals surface area contributed by atoms with E-state index in [9.17, 15) is 4.79 Å². The Morgan fingerprint density at radius 3 is 2.52 bits per heavy atom. The molecule has 4 heteroatoms. The van der Waals surface area contributed by atoms with Crippen LogP contribution in [0.15, 0.2) is 29.4 Å². The van der Waals surface area contributed by atoms with Gasteiger partial charge in [0.25, 0.3) is 5.91 Å². The predicted molar refractivity (Wildman–Crippen MR) is 87.3 cm³/mol. The molecule has 0 saturated heterocycles. The number of hydrogen-bond donors (Lipinski definition) is 1. The molecule has 0 spiro atoms. The van der Waals surface area contributed by atoms with Crippen LogP contribution in [0.25, 0.3) is 0 Å². The summed E-state index contributed by atoms with van der Waals surface area (Å²) in [5.41, 5.74) is 8.39. The molecule has 1 aliphatic heterocycles. The van der Waals surface area contributed by atoms with Crippen LogP contribution in [-0.2, 0) is 4.79 Å². The van der Waals surface area contributed by atoms with E-state index in [1.165, 1.54) is 0 Å². The van der Waals surface area contributed by atoms with Gasteiger partial charge in [-0.1, -0.05) is 39.0 Å². The van der Waals surface area contributed by atoms with Crippen molar-refractivity contribution in [2.45, 2.75) is 40.5 Å². The number of carbonyl (C=O) groups excluding carboxylic acids is 1. The van der Waals surface area contributed by atoms with Crippen LogP contribution >= 0.6 is 0 Å². The van der Waals surface area contributed by atoms with Gasteiger partial charge < -0.3 is 5.73 Å². The van der Waals surface area contributed by atoms with E-state index < -0.39 is 0 Å². The van der Waals surface area contributed by atoms with Crippen molar-refractivity contribution in [3.63, 3.8) is 0 Å². The molecule has 1 atom stereocenters. The van der Waals surface area contributed by atoms with Crippen molar-refractivity contribution in [3.8, 4) is 0 Å². The maximum Gasteiger partial charge on any atom is 0.256 e. The first-order valence-corrected chi connectivity index (χ1v) is 7.55. The van der Waals surface area contributed by atoms with Gasteiger partial charge in [0, 0.05) is 5.41 Å². The molecule has 0 saturated carbocycles. The molecule has 1 aliphatic rings. The maximum absolute atomic E-state index is 12.8. The standard InChI is InChI=1S/C17H25N3O/c1-12-8-5-6-10-14(12)20-16(21)13(9-7-11-18)15(19-20)17(2,3)4/h5-6,8,10,13H,7,9,11,18H2,1-4H3. The molecule has 1 aromatic carbocycles. The van der Waals surface area contributed by atoms with Crippen LogP contribution in [0.2, 0.25) is 0 Å². The van der Waals surface area contributed by atoms with Gasteiger partial charge in [-0.05, 0) is 37.9 Å². The second kappa shape index (κ2) is 5.98. The van der Waals surface area contributed by atoms with Gasteiger partial charge in [0.2, 0.25) is 0 Å². The number of nitrogens with two attached hydrogens (primary N) is 1. The Morgan fingerprint density at radius 2 is 1.95 bits per heavy atom. The SMILES string of the molecule is Cc1ccccc1N1N=C(C(C)(C)C)C(CCCN)C1=O. The Hall–Kier alpha value is -1.68. The minimum absolute atomic E-state index is 0.0719. The van der Waals surface area contributed by atoms with Crippen LogP contribution in [0.4, 0.5) is 5.69 Å². The fourth-order valence-corrected chi connectivity index (χ4v) is 2.72. The Kier molecular flexibility index (Phi) is 4.47. The molecule has 1 aromatic rings. The molecule has 2 rings (SSSR count). The van der Waals surface area contributed by atoms with Gasteiger partial charge in [0.05, 0.1) is 17.3 Å². The monoisotopic (exact) mass is 287 g/mol. The number of anilines is 1. The van der Waals surface area contributed by atoms with E-state index in [1.54, 1.807) is 5.01 Å². The molecule has 21 heavy (non-hydrogen) atoms. The second-order valence-electron chi connectivity index (χ2n) is 6.66. The highest BCUT2D eigenvalue weighted by molar-refractivity contribution is 6.17. The fraction of sp³-hybridized carbons (Fsp3) is 0.529. The summed E-state index contributed by atoms with van der Waals surface area (Å²) < 4.78 is 0. The molecule has 2 N–H and O–H groups in total. The van der Waals surface area contributed by atoms with Gasteiger partial charge >= 0.3 is 0 Å². The van der Waals surface area contributed by atoms with Crippen molar-refractivity contribution >= 4 is 17.3 Å². The summed E-state index contributed by atoms with van der Waals surface area (Å²) in [7, 11) is 0. The van der Waals surface area contributed by atoms with E-state index in [0.29, 0.717) is 6.54 Å². The second-order valence-corrected chi connectivity index (χ2v) is 6.66. The van der Waals surface area contributed by atoms with Crippen molar-refractivity contribution in [1.82, 2.24) is 0 Å². The number of amides is 1. The van der Waals surface area contributed by atoms with Gasteiger partial charge in [0.1, 0.15) is 0 Å². The lowest BCUT2D eigenvalue weighted by Crippen LogP contribution is -2.32. The summed E-state index contributed by atoms with van der Waals surface area (Å²) in [6.45, 7) is 8.93. The third-order valence-corrected chi connectivity index (χ3v) is 3.85. The molecule has 0 fully saturated rings. The van der Waals surface area contributed by atoms with E-state index >= 15 is 0 Å². The zero-order valence-corrected chi connectivity index (χ0v) is 13.4. The summed E-state index contributed by atoms with van der Waals surface area (Å²) >= 11 is 0. The summed E-state index contributed by atoms with van der Waals surface area (Å²) in [6.07, 6.45) is 1.61. The third-order valence-electron chi connectivity index (χ3n) is 3.85. The van der Waals surface area contributed by atoms with Crippen molar-refractivity contribution < 1.29 is 4.79 Å². The largest absolute Gasteiger partial charge is 0.330 e. The van der Waals surface area contributed by atoms with E-state index in [-0.39, 0.29) is 17.2 Å². The zero-order valence-electron chi connectivity index (χ0n) is 13.4.